The minimum absolute atomic E-state index is 0.342. The largest absolute Gasteiger partial charge is 0.462 e. The number of esters is 1. The topological polar surface area (TPSA) is 93.4 Å². The minimum Gasteiger partial charge on any atom is -0.462 e. The van der Waals surface area contributed by atoms with Crippen molar-refractivity contribution in [2.24, 2.45) is 0 Å². The molecule has 1 saturated heterocycles. The van der Waals surface area contributed by atoms with Gasteiger partial charge in [0.05, 0.1) is 12.2 Å². The van der Waals surface area contributed by atoms with Crippen LogP contribution in [-0.4, -0.2) is 35.6 Å². The van der Waals surface area contributed by atoms with Crippen LogP contribution in [0.15, 0.2) is 30.6 Å². The minimum atomic E-state index is -0.351. The van der Waals surface area contributed by atoms with Crippen molar-refractivity contribution in [1.82, 2.24) is 9.97 Å². The highest BCUT2D eigenvalue weighted by Crippen LogP contribution is 2.30. The van der Waals surface area contributed by atoms with Crippen LogP contribution in [0.3, 0.4) is 0 Å². The van der Waals surface area contributed by atoms with Gasteiger partial charge in [-0.05, 0) is 44.4 Å². The number of nitrogens with zero attached hydrogens (tertiary/aromatic N) is 3. The molecule has 2 aromatic rings. The first-order chi connectivity index (χ1) is 12.2. The zero-order valence-corrected chi connectivity index (χ0v) is 14.4. The van der Waals surface area contributed by atoms with Gasteiger partial charge in [-0.1, -0.05) is 6.07 Å². The van der Waals surface area contributed by atoms with Crippen LogP contribution in [0.4, 0.5) is 23.0 Å². The second-order valence-electron chi connectivity index (χ2n) is 5.93. The first-order valence-corrected chi connectivity index (χ1v) is 8.58. The number of nitrogens with two attached hydrogens (primary N) is 1. The molecule has 7 heteroatoms. The van der Waals surface area contributed by atoms with Crippen LogP contribution >= 0.6 is 0 Å². The number of anilines is 4. The van der Waals surface area contributed by atoms with E-state index in [1.54, 1.807) is 25.1 Å². The highest BCUT2D eigenvalue weighted by molar-refractivity contribution is 5.91. The average molecular weight is 341 g/mol. The quantitative estimate of drug-likeness (QED) is 0.808. The third kappa shape index (κ3) is 3.99. The van der Waals surface area contributed by atoms with Crippen LogP contribution in [0.2, 0.25) is 0 Å². The van der Waals surface area contributed by atoms with Crippen LogP contribution in [0, 0.1) is 0 Å². The summed E-state index contributed by atoms with van der Waals surface area (Å²) >= 11 is 0. The molecule has 132 valence electrons. The molecule has 25 heavy (non-hydrogen) atoms. The second-order valence-corrected chi connectivity index (χ2v) is 5.93. The summed E-state index contributed by atoms with van der Waals surface area (Å²) < 4.78 is 5.03. The van der Waals surface area contributed by atoms with Crippen molar-refractivity contribution < 1.29 is 9.53 Å². The lowest BCUT2D eigenvalue weighted by atomic mass is 10.1. The van der Waals surface area contributed by atoms with Gasteiger partial charge in [-0.25, -0.2) is 14.8 Å². The number of hydrogen-bond acceptors (Lipinski definition) is 7. The third-order valence-electron chi connectivity index (χ3n) is 4.15. The van der Waals surface area contributed by atoms with Gasteiger partial charge in [-0.2, -0.15) is 0 Å². The highest BCUT2D eigenvalue weighted by atomic mass is 16.5. The molecule has 0 saturated carbocycles. The molecule has 0 amide bonds. The summed E-state index contributed by atoms with van der Waals surface area (Å²) in [4.78, 5) is 22.7. The summed E-state index contributed by atoms with van der Waals surface area (Å²) in [5.41, 5.74) is 8.01. The Bertz CT molecular complexity index is 744. The van der Waals surface area contributed by atoms with E-state index in [2.05, 4.69) is 20.2 Å². The van der Waals surface area contributed by atoms with Crippen LogP contribution in [0.25, 0.3) is 0 Å². The van der Waals surface area contributed by atoms with Crippen molar-refractivity contribution in [3.8, 4) is 0 Å². The van der Waals surface area contributed by atoms with E-state index in [1.807, 2.05) is 6.07 Å². The summed E-state index contributed by atoms with van der Waals surface area (Å²) in [7, 11) is 0. The predicted molar refractivity (Wildman–Crippen MR) is 98.2 cm³/mol. The third-order valence-corrected chi connectivity index (χ3v) is 4.15. The molecule has 3 rings (SSSR count). The monoisotopic (exact) mass is 341 g/mol. The van der Waals surface area contributed by atoms with E-state index in [-0.39, 0.29) is 5.97 Å². The maximum Gasteiger partial charge on any atom is 0.338 e. The number of carbonyl (C=O) groups is 1. The van der Waals surface area contributed by atoms with E-state index < -0.39 is 0 Å². The van der Waals surface area contributed by atoms with Gasteiger partial charge >= 0.3 is 5.97 Å². The van der Waals surface area contributed by atoms with Gasteiger partial charge in [0.25, 0.3) is 0 Å². The highest BCUT2D eigenvalue weighted by Gasteiger charge is 2.17. The van der Waals surface area contributed by atoms with Gasteiger partial charge in [0.2, 0.25) is 0 Å². The summed E-state index contributed by atoms with van der Waals surface area (Å²) in [6.45, 7) is 4.04. The fourth-order valence-electron chi connectivity index (χ4n) is 2.92. The van der Waals surface area contributed by atoms with Gasteiger partial charge in [-0.15, -0.1) is 0 Å². The van der Waals surface area contributed by atoms with Crippen molar-refractivity contribution >= 4 is 29.0 Å². The standard InChI is InChI=1S/C18H23N5O2/c1-2-25-18(24)13-7-6-8-14(11-13)22-16-15(19)17(21-12-20-16)23-9-4-3-5-10-23/h6-8,11-12H,2-5,9-10,19H2,1H3,(H,20,21,22). The van der Waals surface area contributed by atoms with E-state index in [4.69, 9.17) is 10.5 Å². The number of piperidine rings is 1. The van der Waals surface area contributed by atoms with Crippen LogP contribution in [0.5, 0.6) is 0 Å². The summed E-state index contributed by atoms with van der Waals surface area (Å²) in [5, 5.41) is 3.18. The number of rotatable bonds is 5. The van der Waals surface area contributed by atoms with Gasteiger partial charge < -0.3 is 20.7 Å². The van der Waals surface area contributed by atoms with E-state index in [9.17, 15) is 4.79 Å². The molecule has 0 atom stereocenters. The van der Waals surface area contributed by atoms with Crippen LogP contribution < -0.4 is 16.0 Å². The number of aromatic nitrogens is 2. The first kappa shape index (κ1) is 17.0. The van der Waals surface area contributed by atoms with Crippen molar-refractivity contribution in [2.75, 3.05) is 35.6 Å². The maximum atomic E-state index is 11.9. The Kier molecular flexibility index (Phi) is 5.33. The molecule has 3 N–H and O–H groups in total. The molecular formula is C18H23N5O2. The van der Waals surface area contributed by atoms with Gasteiger partial charge in [-0.3, -0.25) is 0 Å². The molecule has 1 aromatic heterocycles. The van der Waals surface area contributed by atoms with Crippen molar-refractivity contribution in [1.29, 1.82) is 0 Å². The zero-order chi connectivity index (χ0) is 17.6. The lowest BCUT2D eigenvalue weighted by Crippen LogP contribution is -2.31. The molecule has 7 nitrogen and oxygen atoms in total. The SMILES string of the molecule is CCOC(=O)c1cccc(Nc2ncnc(N3CCCCC3)c2N)c1. The van der Waals surface area contributed by atoms with E-state index >= 15 is 0 Å². The van der Waals surface area contributed by atoms with E-state index in [0.29, 0.717) is 23.7 Å². The molecule has 0 bridgehead atoms. The van der Waals surface area contributed by atoms with Gasteiger partial charge in [0.1, 0.15) is 12.0 Å². The number of hydrogen-bond donors (Lipinski definition) is 2. The summed E-state index contributed by atoms with van der Waals surface area (Å²) in [5.74, 6) is 0.950. The Morgan fingerprint density at radius 3 is 2.84 bits per heavy atom. The fraction of sp³-hybridized carbons (Fsp3) is 0.389. The molecule has 0 radical (unpaired) electrons. The summed E-state index contributed by atoms with van der Waals surface area (Å²) in [6.07, 6.45) is 5.05. The Hall–Kier alpha value is -2.83. The smallest absolute Gasteiger partial charge is 0.338 e. The van der Waals surface area contributed by atoms with Crippen LogP contribution in [-0.2, 0) is 4.74 Å². The Labute approximate surface area is 147 Å². The molecule has 1 aromatic carbocycles. The van der Waals surface area contributed by atoms with Crippen molar-refractivity contribution in [2.45, 2.75) is 26.2 Å². The fourth-order valence-corrected chi connectivity index (χ4v) is 2.92. The number of ether oxygens (including phenoxy) is 1. The molecule has 2 heterocycles. The molecule has 1 aliphatic rings. The molecule has 0 aliphatic carbocycles. The number of nitrogen functional groups attached to an aromatic ring is 1. The second kappa shape index (κ2) is 7.83. The Balaban J connectivity index is 1.81. The van der Waals surface area contributed by atoms with E-state index in [1.165, 1.54) is 12.7 Å². The summed E-state index contributed by atoms with van der Waals surface area (Å²) in [6, 6.07) is 7.08. The van der Waals surface area contributed by atoms with Gasteiger partial charge in [0.15, 0.2) is 11.6 Å². The molecule has 0 unspecified atom stereocenters. The Morgan fingerprint density at radius 2 is 2.08 bits per heavy atom. The first-order valence-electron chi connectivity index (χ1n) is 8.58. The normalized spacial score (nSPS) is 14.2. The number of carbonyl (C=O) groups excluding carboxylic acids is 1. The molecular weight excluding hydrogens is 318 g/mol. The van der Waals surface area contributed by atoms with Crippen LogP contribution in [0.1, 0.15) is 36.5 Å². The lowest BCUT2D eigenvalue weighted by Gasteiger charge is -2.28. The zero-order valence-electron chi connectivity index (χ0n) is 14.4. The molecule has 1 aliphatic heterocycles. The van der Waals surface area contributed by atoms with E-state index in [0.717, 1.165) is 37.4 Å². The molecule has 0 spiro atoms. The van der Waals surface area contributed by atoms with Crippen molar-refractivity contribution in [3.05, 3.63) is 36.2 Å². The number of nitrogens with one attached hydrogen (secondary N) is 1. The Morgan fingerprint density at radius 1 is 1.28 bits per heavy atom. The van der Waals surface area contributed by atoms with Gasteiger partial charge in [0, 0.05) is 18.8 Å². The average Bonchev–Trinajstić information content (AvgIpc) is 2.65. The van der Waals surface area contributed by atoms with Crippen molar-refractivity contribution in [3.63, 3.8) is 0 Å². The lowest BCUT2D eigenvalue weighted by molar-refractivity contribution is 0.0526. The predicted octanol–water partition coefficient (Wildman–Crippen LogP) is 2.97. The molecule has 1 fully saturated rings. The number of benzene rings is 1. The maximum absolute atomic E-state index is 11.9.